The molecule has 19 heavy (non-hydrogen) atoms. The second-order valence-electron chi connectivity index (χ2n) is 4.97. The minimum Gasteiger partial charge on any atom is -0.394 e. The Morgan fingerprint density at radius 1 is 1.63 bits per heavy atom. The van der Waals surface area contributed by atoms with Gasteiger partial charge in [0.05, 0.1) is 25.0 Å². The van der Waals surface area contributed by atoms with Crippen LogP contribution in [0.15, 0.2) is 11.0 Å². The van der Waals surface area contributed by atoms with Gasteiger partial charge in [0.2, 0.25) is 0 Å². The van der Waals surface area contributed by atoms with E-state index in [0.717, 1.165) is 13.0 Å². The van der Waals surface area contributed by atoms with Crippen LogP contribution >= 0.6 is 11.6 Å². The van der Waals surface area contributed by atoms with Crippen molar-refractivity contribution in [2.75, 3.05) is 24.6 Å². The summed E-state index contributed by atoms with van der Waals surface area (Å²) in [6.45, 7) is 3.62. The molecule has 0 aliphatic carbocycles. The normalized spacial score (nSPS) is 23.7. The first-order valence-electron chi connectivity index (χ1n) is 6.41. The van der Waals surface area contributed by atoms with Crippen LogP contribution in [0.1, 0.15) is 13.3 Å². The van der Waals surface area contributed by atoms with Crippen molar-refractivity contribution in [3.05, 3.63) is 21.6 Å². The molecule has 1 fully saturated rings. The molecule has 1 saturated heterocycles. The van der Waals surface area contributed by atoms with Gasteiger partial charge in [0.25, 0.3) is 5.56 Å². The lowest BCUT2D eigenvalue weighted by Crippen LogP contribution is -2.48. The lowest BCUT2D eigenvalue weighted by molar-refractivity contribution is 0.266. The van der Waals surface area contributed by atoms with E-state index in [-0.39, 0.29) is 29.8 Å². The Hall–Kier alpha value is -1.11. The zero-order valence-electron chi connectivity index (χ0n) is 10.9. The van der Waals surface area contributed by atoms with Gasteiger partial charge >= 0.3 is 0 Å². The van der Waals surface area contributed by atoms with Gasteiger partial charge in [-0.15, -0.1) is 0 Å². The fourth-order valence-electron chi connectivity index (χ4n) is 2.25. The number of piperidine rings is 1. The summed E-state index contributed by atoms with van der Waals surface area (Å²) in [4.78, 5) is 14.0. The summed E-state index contributed by atoms with van der Waals surface area (Å²) >= 11 is 6.11. The van der Waals surface area contributed by atoms with Crippen molar-refractivity contribution in [3.8, 4) is 0 Å². The van der Waals surface area contributed by atoms with Gasteiger partial charge in [-0.25, -0.2) is 4.68 Å². The van der Waals surface area contributed by atoms with Crippen molar-refractivity contribution in [2.45, 2.75) is 25.9 Å². The molecule has 0 radical (unpaired) electrons. The van der Waals surface area contributed by atoms with E-state index in [4.69, 9.17) is 22.4 Å². The molecule has 2 heterocycles. The van der Waals surface area contributed by atoms with Gasteiger partial charge in [0, 0.05) is 19.1 Å². The molecule has 2 rings (SSSR count). The Morgan fingerprint density at radius 3 is 3.00 bits per heavy atom. The molecule has 0 saturated carbocycles. The maximum atomic E-state index is 12.0. The van der Waals surface area contributed by atoms with Crippen LogP contribution in [-0.4, -0.2) is 40.6 Å². The lowest BCUT2D eigenvalue weighted by Gasteiger charge is -2.36. The van der Waals surface area contributed by atoms with E-state index in [1.54, 1.807) is 6.20 Å². The Kier molecular flexibility index (Phi) is 4.44. The van der Waals surface area contributed by atoms with Crippen LogP contribution < -0.4 is 16.2 Å². The number of aromatic nitrogens is 2. The molecule has 1 aliphatic heterocycles. The number of hydrogen-bond acceptors (Lipinski definition) is 5. The maximum Gasteiger partial charge on any atom is 0.287 e. The van der Waals surface area contributed by atoms with Crippen molar-refractivity contribution < 1.29 is 5.11 Å². The number of nitrogens with zero attached hydrogens (tertiary/aromatic N) is 3. The highest BCUT2D eigenvalue weighted by atomic mass is 35.5. The number of aliphatic hydroxyl groups is 1. The Balaban J connectivity index is 2.26. The summed E-state index contributed by atoms with van der Waals surface area (Å²) in [7, 11) is 0. The first-order chi connectivity index (χ1) is 9.04. The van der Waals surface area contributed by atoms with Crippen LogP contribution in [0.2, 0.25) is 5.02 Å². The van der Waals surface area contributed by atoms with E-state index in [1.165, 1.54) is 4.68 Å². The van der Waals surface area contributed by atoms with Gasteiger partial charge in [0.15, 0.2) is 0 Å². The standard InChI is InChI=1S/C12H19ClN4O2/c1-8-2-3-16(7-9(8)14)10-6-15-17(4-5-18)12(19)11(10)13/h6,8-9,18H,2-5,7,14H2,1H3. The highest BCUT2D eigenvalue weighted by Crippen LogP contribution is 2.26. The quantitative estimate of drug-likeness (QED) is 0.821. The minimum absolute atomic E-state index is 0.0738. The zero-order chi connectivity index (χ0) is 14.0. The molecule has 1 aromatic rings. The molecule has 7 heteroatoms. The van der Waals surface area contributed by atoms with Gasteiger partial charge in [0.1, 0.15) is 5.02 Å². The molecule has 3 N–H and O–H groups in total. The van der Waals surface area contributed by atoms with Crippen LogP contribution in [0.5, 0.6) is 0 Å². The molecular formula is C12H19ClN4O2. The van der Waals surface area contributed by atoms with Crippen LogP contribution in [0.4, 0.5) is 5.69 Å². The zero-order valence-corrected chi connectivity index (χ0v) is 11.7. The van der Waals surface area contributed by atoms with Gasteiger partial charge in [-0.1, -0.05) is 18.5 Å². The fourth-order valence-corrected chi connectivity index (χ4v) is 2.51. The highest BCUT2D eigenvalue weighted by Gasteiger charge is 2.25. The first-order valence-corrected chi connectivity index (χ1v) is 6.79. The molecule has 0 aromatic carbocycles. The molecule has 0 spiro atoms. The number of hydrogen-bond donors (Lipinski definition) is 2. The number of anilines is 1. The monoisotopic (exact) mass is 286 g/mol. The van der Waals surface area contributed by atoms with Crippen molar-refractivity contribution in [2.24, 2.45) is 11.7 Å². The second-order valence-corrected chi connectivity index (χ2v) is 5.35. The van der Waals surface area contributed by atoms with Crippen molar-refractivity contribution in [3.63, 3.8) is 0 Å². The van der Waals surface area contributed by atoms with E-state index in [1.807, 2.05) is 4.90 Å². The van der Waals surface area contributed by atoms with E-state index in [0.29, 0.717) is 18.2 Å². The molecule has 2 unspecified atom stereocenters. The maximum absolute atomic E-state index is 12.0. The van der Waals surface area contributed by atoms with E-state index >= 15 is 0 Å². The van der Waals surface area contributed by atoms with E-state index in [2.05, 4.69) is 12.0 Å². The van der Waals surface area contributed by atoms with Crippen LogP contribution in [-0.2, 0) is 6.54 Å². The number of halogens is 1. The second kappa shape index (κ2) is 5.90. The predicted molar refractivity (Wildman–Crippen MR) is 74.6 cm³/mol. The largest absolute Gasteiger partial charge is 0.394 e. The molecule has 6 nitrogen and oxygen atoms in total. The van der Waals surface area contributed by atoms with Gasteiger partial charge < -0.3 is 15.7 Å². The van der Waals surface area contributed by atoms with Crippen LogP contribution in [0.3, 0.4) is 0 Å². The molecular weight excluding hydrogens is 268 g/mol. The van der Waals surface area contributed by atoms with Crippen LogP contribution in [0.25, 0.3) is 0 Å². The van der Waals surface area contributed by atoms with E-state index in [9.17, 15) is 4.79 Å². The average Bonchev–Trinajstić information content (AvgIpc) is 2.39. The van der Waals surface area contributed by atoms with Crippen molar-refractivity contribution >= 4 is 17.3 Å². The number of nitrogens with two attached hydrogens (primary N) is 1. The highest BCUT2D eigenvalue weighted by molar-refractivity contribution is 6.33. The Bertz CT molecular complexity index is 505. The molecule has 1 aliphatic rings. The molecule has 1 aromatic heterocycles. The third-order valence-corrected chi connectivity index (χ3v) is 3.99. The summed E-state index contributed by atoms with van der Waals surface area (Å²) in [5.74, 6) is 0.470. The first kappa shape index (κ1) is 14.3. The molecule has 0 bridgehead atoms. The van der Waals surface area contributed by atoms with Gasteiger partial charge in [-0.3, -0.25) is 4.79 Å². The fraction of sp³-hybridized carbons (Fsp3) is 0.667. The SMILES string of the molecule is CC1CCN(c2cnn(CCO)c(=O)c2Cl)CC1N. The summed E-state index contributed by atoms with van der Waals surface area (Å²) < 4.78 is 1.17. The predicted octanol–water partition coefficient (Wildman–Crippen LogP) is 0.0625. The van der Waals surface area contributed by atoms with E-state index < -0.39 is 0 Å². The topological polar surface area (TPSA) is 84.4 Å². The summed E-state index contributed by atoms with van der Waals surface area (Å²) in [6, 6.07) is 0.0738. The smallest absolute Gasteiger partial charge is 0.287 e. The molecule has 0 amide bonds. The third kappa shape index (κ3) is 2.91. The number of aliphatic hydroxyl groups excluding tert-OH is 1. The summed E-state index contributed by atoms with van der Waals surface area (Å²) in [5.41, 5.74) is 6.30. The van der Waals surface area contributed by atoms with Crippen molar-refractivity contribution in [1.82, 2.24) is 9.78 Å². The van der Waals surface area contributed by atoms with Crippen LogP contribution in [0, 0.1) is 5.92 Å². The summed E-state index contributed by atoms with van der Waals surface area (Å²) in [5, 5.41) is 13.0. The van der Waals surface area contributed by atoms with Gasteiger partial charge in [-0.2, -0.15) is 5.10 Å². The average molecular weight is 287 g/mol. The Morgan fingerprint density at radius 2 is 2.37 bits per heavy atom. The third-order valence-electron chi connectivity index (χ3n) is 3.64. The minimum atomic E-state index is -0.375. The Labute approximate surface area is 116 Å². The van der Waals surface area contributed by atoms with Crippen molar-refractivity contribution in [1.29, 1.82) is 0 Å². The molecule has 2 atom stereocenters. The lowest BCUT2D eigenvalue weighted by atomic mass is 9.94. The van der Waals surface area contributed by atoms with Gasteiger partial charge in [-0.05, 0) is 12.3 Å². The molecule has 106 valence electrons. The summed E-state index contributed by atoms with van der Waals surface area (Å²) in [6.07, 6.45) is 2.54. The number of rotatable bonds is 3.